The first kappa shape index (κ1) is 18.2. The molecule has 0 atom stereocenters. The lowest BCUT2D eigenvalue weighted by atomic mass is 10.0. The summed E-state index contributed by atoms with van der Waals surface area (Å²) >= 11 is 0. The maximum Gasteiger partial charge on any atom is 0.338 e. The third kappa shape index (κ3) is 3.38. The van der Waals surface area contributed by atoms with Crippen molar-refractivity contribution in [1.82, 2.24) is 4.57 Å². The Morgan fingerprint density at radius 1 is 1.19 bits per heavy atom. The van der Waals surface area contributed by atoms with Crippen LogP contribution in [0.1, 0.15) is 44.5 Å². The third-order valence-electron chi connectivity index (χ3n) is 4.53. The molecule has 0 aliphatic carbocycles. The van der Waals surface area contributed by atoms with E-state index in [1.807, 2.05) is 43.3 Å². The second-order valence-corrected chi connectivity index (χ2v) is 6.13. The largest absolute Gasteiger partial charge is 0.478 e. The summed E-state index contributed by atoms with van der Waals surface area (Å²) in [6.07, 6.45) is 1.06. The minimum absolute atomic E-state index is 0.0285. The summed E-state index contributed by atoms with van der Waals surface area (Å²) in [5.74, 6) is -1.13. The molecule has 0 fully saturated rings. The van der Waals surface area contributed by atoms with Gasteiger partial charge in [0, 0.05) is 6.54 Å². The Bertz CT molecular complexity index is 1040. The summed E-state index contributed by atoms with van der Waals surface area (Å²) < 4.78 is 1.74. The predicted octanol–water partition coefficient (Wildman–Crippen LogP) is 4.15. The minimum Gasteiger partial charge on any atom is -0.478 e. The number of aldehydes is 1. The van der Waals surface area contributed by atoms with Gasteiger partial charge in [0.05, 0.1) is 28.6 Å². The van der Waals surface area contributed by atoms with Crippen LogP contribution < -0.4 is 0 Å². The van der Waals surface area contributed by atoms with Gasteiger partial charge in [0.25, 0.3) is 0 Å². The number of carboxylic acid groups (broad SMARTS) is 1. The number of carbonyl (C=O) groups excluding carboxylic acids is 1. The zero-order valence-electron chi connectivity index (χ0n) is 14.8. The van der Waals surface area contributed by atoms with Crippen LogP contribution in [0.25, 0.3) is 11.3 Å². The summed E-state index contributed by atoms with van der Waals surface area (Å²) in [7, 11) is 0. The molecular formula is C22H18N2O3. The van der Waals surface area contributed by atoms with Crippen LogP contribution in [0.3, 0.4) is 0 Å². The maximum absolute atomic E-state index is 11.9. The Balaban J connectivity index is 2.33. The number of carboxylic acids is 1. The lowest BCUT2D eigenvalue weighted by molar-refractivity contribution is 0.0692. The number of carbonyl (C=O) groups is 2. The zero-order valence-corrected chi connectivity index (χ0v) is 14.8. The van der Waals surface area contributed by atoms with Crippen molar-refractivity contribution in [2.75, 3.05) is 0 Å². The molecule has 0 bridgehead atoms. The lowest BCUT2D eigenvalue weighted by Crippen LogP contribution is -2.08. The van der Waals surface area contributed by atoms with Crippen LogP contribution in [-0.4, -0.2) is 21.9 Å². The van der Waals surface area contributed by atoms with Crippen LogP contribution in [0, 0.1) is 11.3 Å². The Morgan fingerprint density at radius 2 is 1.93 bits per heavy atom. The van der Waals surface area contributed by atoms with Crippen molar-refractivity contribution in [3.63, 3.8) is 0 Å². The van der Waals surface area contributed by atoms with Gasteiger partial charge in [-0.15, -0.1) is 0 Å². The Hall–Kier alpha value is -3.65. The quantitative estimate of drug-likeness (QED) is 0.671. The van der Waals surface area contributed by atoms with E-state index in [0.717, 1.165) is 11.1 Å². The molecule has 27 heavy (non-hydrogen) atoms. The Labute approximate surface area is 157 Å². The molecule has 5 nitrogen and oxygen atoms in total. The van der Waals surface area contributed by atoms with E-state index < -0.39 is 5.97 Å². The topological polar surface area (TPSA) is 83.1 Å². The maximum atomic E-state index is 11.9. The van der Waals surface area contributed by atoms with Gasteiger partial charge in [-0.05, 0) is 35.2 Å². The van der Waals surface area contributed by atoms with Gasteiger partial charge in [-0.1, -0.05) is 49.4 Å². The molecule has 0 saturated carbocycles. The van der Waals surface area contributed by atoms with Crippen molar-refractivity contribution in [3.05, 3.63) is 82.5 Å². The fourth-order valence-corrected chi connectivity index (χ4v) is 3.39. The second kappa shape index (κ2) is 7.71. The number of aromatic nitrogens is 1. The number of nitrogens with zero attached hydrogens (tertiary/aromatic N) is 2. The van der Waals surface area contributed by atoms with E-state index in [-0.39, 0.29) is 11.3 Å². The highest BCUT2D eigenvalue weighted by Crippen LogP contribution is 2.33. The van der Waals surface area contributed by atoms with E-state index in [0.29, 0.717) is 36.1 Å². The summed E-state index contributed by atoms with van der Waals surface area (Å²) in [5.41, 5.74) is 3.58. The van der Waals surface area contributed by atoms with Gasteiger partial charge >= 0.3 is 5.97 Å². The molecule has 0 unspecified atom stereocenters. The summed E-state index contributed by atoms with van der Waals surface area (Å²) in [6, 6.07) is 18.7. The van der Waals surface area contributed by atoms with Crippen molar-refractivity contribution in [1.29, 1.82) is 5.26 Å². The SMILES string of the molecule is CCc1c(C(=O)O)c(C=O)n(Cc2ccccc2)c1-c1cccc(C#N)c1. The average molecular weight is 358 g/mol. The van der Waals surface area contributed by atoms with Crippen LogP contribution in [0.2, 0.25) is 0 Å². The van der Waals surface area contributed by atoms with Crippen LogP contribution in [0.5, 0.6) is 0 Å². The molecule has 0 radical (unpaired) electrons. The molecule has 3 rings (SSSR count). The van der Waals surface area contributed by atoms with Gasteiger partial charge in [-0.25, -0.2) is 4.79 Å². The summed E-state index contributed by atoms with van der Waals surface area (Å²) in [6.45, 7) is 2.22. The van der Waals surface area contributed by atoms with Gasteiger partial charge in [0.15, 0.2) is 6.29 Å². The number of nitriles is 1. The van der Waals surface area contributed by atoms with E-state index >= 15 is 0 Å². The first-order valence-corrected chi connectivity index (χ1v) is 8.59. The smallest absolute Gasteiger partial charge is 0.338 e. The van der Waals surface area contributed by atoms with Crippen molar-refractivity contribution < 1.29 is 14.7 Å². The molecule has 1 aromatic heterocycles. The predicted molar refractivity (Wildman–Crippen MR) is 102 cm³/mol. The van der Waals surface area contributed by atoms with E-state index in [9.17, 15) is 20.0 Å². The Kier molecular flexibility index (Phi) is 5.18. The van der Waals surface area contributed by atoms with Gasteiger partial charge in [0.2, 0.25) is 0 Å². The van der Waals surface area contributed by atoms with Crippen LogP contribution in [0.15, 0.2) is 54.6 Å². The van der Waals surface area contributed by atoms with Crippen molar-refractivity contribution >= 4 is 12.3 Å². The zero-order chi connectivity index (χ0) is 19.4. The summed E-state index contributed by atoms with van der Waals surface area (Å²) in [4.78, 5) is 23.8. The van der Waals surface area contributed by atoms with Gasteiger partial charge in [-0.2, -0.15) is 5.26 Å². The molecule has 5 heteroatoms. The molecular weight excluding hydrogens is 340 g/mol. The molecule has 0 amide bonds. The highest BCUT2D eigenvalue weighted by Gasteiger charge is 2.26. The monoisotopic (exact) mass is 358 g/mol. The fourth-order valence-electron chi connectivity index (χ4n) is 3.39. The molecule has 1 heterocycles. The van der Waals surface area contributed by atoms with E-state index in [1.54, 1.807) is 22.8 Å². The first-order chi connectivity index (χ1) is 13.1. The molecule has 3 aromatic rings. The van der Waals surface area contributed by atoms with Crippen molar-refractivity contribution in [3.8, 4) is 17.3 Å². The molecule has 0 saturated heterocycles. The molecule has 134 valence electrons. The van der Waals surface area contributed by atoms with E-state index in [4.69, 9.17) is 0 Å². The Morgan fingerprint density at radius 3 is 2.52 bits per heavy atom. The van der Waals surface area contributed by atoms with E-state index in [1.165, 1.54) is 0 Å². The average Bonchev–Trinajstić information content (AvgIpc) is 3.02. The van der Waals surface area contributed by atoms with E-state index in [2.05, 4.69) is 6.07 Å². The van der Waals surface area contributed by atoms with Crippen LogP contribution >= 0.6 is 0 Å². The molecule has 0 aliphatic rings. The lowest BCUT2D eigenvalue weighted by Gasteiger charge is -2.13. The van der Waals surface area contributed by atoms with Crippen molar-refractivity contribution in [2.45, 2.75) is 19.9 Å². The van der Waals surface area contributed by atoms with Gasteiger partial charge in [-0.3, -0.25) is 4.79 Å². The number of benzene rings is 2. The summed E-state index contributed by atoms with van der Waals surface area (Å²) in [5, 5.41) is 19.0. The van der Waals surface area contributed by atoms with Crippen LogP contribution in [0.4, 0.5) is 0 Å². The first-order valence-electron chi connectivity index (χ1n) is 8.59. The minimum atomic E-state index is -1.13. The fraction of sp³-hybridized carbons (Fsp3) is 0.136. The number of aromatic carboxylic acids is 1. The highest BCUT2D eigenvalue weighted by molar-refractivity contribution is 6.00. The van der Waals surface area contributed by atoms with Crippen LogP contribution in [-0.2, 0) is 13.0 Å². The normalized spacial score (nSPS) is 10.4. The highest BCUT2D eigenvalue weighted by atomic mass is 16.4. The molecule has 0 aliphatic heterocycles. The third-order valence-corrected chi connectivity index (χ3v) is 4.53. The van der Waals surface area contributed by atoms with Gasteiger partial charge < -0.3 is 9.67 Å². The standard InChI is InChI=1S/C22H18N2O3/c1-2-18-20(22(26)27)19(14-25)24(13-15-7-4-3-5-8-15)21(18)17-10-6-9-16(11-17)12-23/h3-11,14H,2,13H2,1H3,(H,26,27). The number of hydrogen-bond acceptors (Lipinski definition) is 3. The number of rotatable bonds is 6. The molecule has 0 spiro atoms. The van der Waals surface area contributed by atoms with Gasteiger partial charge in [0.1, 0.15) is 0 Å². The van der Waals surface area contributed by atoms with Crippen molar-refractivity contribution in [2.24, 2.45) is 0 Å². The number of hydrogen-bond donors (Lipinski definition) is 1. The molecule has 2 aromatic carbocycles. The molecule has 1 N–H and O–H groups in total. The second-order valence-electron chi connectivity index (χ2n) is 6.13.